The molecule has 2 aliphatic rings. The van der Waals surface area contributed by atoms with Gasteiger partial charge in [0.2, 0.25) is 0 Å². The topological polar surface area (TPSA) is 38.7 Å². The van der Waals surface area contributed by atoms with Crippen molar-refractivity contribution in [3.63, 3.8) is 0 Å². The lowest BCUT2D eigenvalue weighted by Gasteiger charge is -2.30. The van der Waals surface area contributed by atoms with Gasteiger partial charge < -0.3 is 0 Å². The molecule has 0 bridgehead atoms. The van der Waals surface area contributed by atoms with Crippen molar-refractivity contribution in [3.8, 4) is 78.7 Å². The van der Waals surface area contributed by atoms with E-state index >= 15 is 0 Å². The molecule has 1 heterocycles. The van der Waals surface area contributed by atoms with Gasteiger partial charge in [-0.05, 0) is 72.8 Å². The Hall–Kier alpha value is -7.23. The van der Waals surface area contributed by atoms with Gasteiger partial charge in [-0.1, -0.05) is 194 Å². The van der Waals surface area contributed by atoms with Crippen LogP contribution in [0.25, 0.3) is 78.7 Å². The van der Waals surface area contributed by atoms with Crippen molar-refractivity contribution in [2.24, 2.45) is 0 Å². The molecule has 0 N–H and O–H groups in total. The van der Waals surface area contributed by atoms with Crippen molar-refractivity contribution >= 4 is 0 Å². The largest absolute Gasteiger partial charge is 0.208 e. The lowest BCUT2D eigenvalue weighted by Crippen LogP contribution is -2.25. The molecule has 0 unspecified atom stereocenters. The smallest absolute Gasteiger partial charge is 0.164 e. The molecule has 1 spiro atoms. The molecule has 0 atom stereocenters. The standard InChI is InChI=1S/C52H33N3/c1-3-17-34(18-4-1)37-21-7-9-26-42(37)50-53-49(35-19-5-2-6-20-35)54-51(55-50)43-27-10-8-22-38(43)36-31-32-48-44(33-36)41-25-13-16-30-47(41)52(48)45-28-14-11-23-39(45)40-24-12-15-29-46(40)52/h1-33H. The number of nitrogens with zero attached hydrogens (tertiary/aromatic N) is 3. The summed E-state index contributed by atoms with van der Waals surface area (Å²) in [7, 11) is 0. The predicted octanol–water partition coefficient (Wildman–Crippen LogP) is 12.6. The number of fused-ring (bicyclic) bond motifs is 10. The van der Waals surface area contributed by atoms with Crippen LogP contribution in [-0.4, -0.2) is 15.0 Å². The summed E-state index contributed by atoms with van der Waals surface area (Å²) in [6.07, 6.45) is 0. The van der Waals surface area contributed by atoms with Gasteiger partial charge in [-0.15, -0.1) is 0 Å². The quantitative estimate of drug-likeness (QED) is 0.179. The van der Waals surface area contributed by atoms with Crippen molar-refractivity contribution < 1.29 is 0 Å². The fourth-order valence-corrected chi connectivity index (χ4v) is 9.08. The van der Waals surface area contributed by atoms with Crippen LogP contribution in [0.1, 0.15) is 22.3 Å². The Kier molecular flexibility index (Phi) is 7.08. The van der Waals surface area contributed by atoms with Crippen LogP contribution in [0.15, 0.2) is 200 Å². The van der Waals surface area contributed by atoms with E-state index in [0.717, 1.165) is 38.9 Å². The Morgan fingerprint density at radius 2 is 0.600 bits per heavy atom. The summed E-state index contributed by atoms with van der Waals surface area (Å²) in [5, 5.41) is 0. The molecule has 256 valence electrons. The first kappa shape index (κ1) is 31.3. The van der Waals surface area contributed by atoms with Gasteiger partial charge >= 0.3 is 0 Å². The minimum atomic E-state index is -0.378. The van der Waals surface area contributed by atoms with Crippen molar-refractivity contribution in [1.29, 1.82) is 0 Å². The minimum absolute atomic E-state index is 0.378. The zero-order valence-electron chi connectivity index (χ0n) is 29.9. The molecule has 9 aromatic rings. The zero-order chi connectivity index (χ0) is 36.3. The highest BCUT2D eigenvalue weighted by Gasteiger charge is 2.51. The van der Waals surface area contributed by atoms with Crippen LogP contribution < -0.4 is 0 Å². The third kappa shape index (κ3) is 4.73. The van der Waals surface area contributed by atoms with Crippen LogP contribution in [0, 0.1) is 0 Å². The molecule has 55 heavy (non-hydrogen) atoms. The highest BCUT2D eigenvalue weighted by Crippen LogP contribution is 2.63. The summed E-state index contributed by atoms with van der Waals surface area (Å²) in [6, 6.07) is 71.4. The van der Waals surface area contributed by atoms with Crippen LogP contribution in [0.5, 0.6) is 0 Å². The van der Waals surface area contributed by atoms with E-state index < -0.39 is 0 Å². The number of hydrogen-bond donors (Lipinski definition) is 0. The molecule has 11 rings (SSSR count). The molecular formula is C52H33N3. The summed E-state index contributed by atoms with van der Waals surface area (Å²) in [5.74, 6) is 1.92. The van der Waals surface area contributed by atoms with Gasteiger partial charge in [-0.25, -0.2) is 15.0 Å². The summed E-state index contributed by atoms with van der Waals surface area (Å²) < 4.78 is 0. The van der Waals surface area contributed by atoms with Crippen LogP contribution >= 0.6 is 0 Å². The van der Waals surface area contributed by atoms with E-state index in [-0.39, 0.29) is 5.41 Å². The highest BCUT2D eigenvalue weighted by molar-refractivity contribution is 5.97. The fourth-order valence-electron chi connectivity index (χ4n) is 9.08. The molecule has 1 aromatic heterocycles. The summed E-state index contributed by atoms with van der Waals surface area (Å²) >= 11 is 0. The van der Waals surface area contributed by atoms with E-state index in [2.05, 4.69) is 176 Å². The monoisotopic (exact) mass is 699 g/mol. The van der Waals surface area contributed by atoms with E-state index in [1.165, 1.54) is 44.5 Å². The summed E-state index contributed by atoms with van der Waals surface area (Å²) in [4.78, 5) is 15.6. The summed E-state index contributed by atoms with van der Waals surface area (Å²) in [5.41, 5.74) is 17.4. The molecule has 3 heteroatoms. The van der Waals surface area contributed by atoms with Gasteiger partial charge in [0.05, 0.1) is 5.41 Å². The highest BCUT2D eigenvalue weighted by atomic mass is 15.0. The predicted molar refractivity (Wildman–Crippen MR) is 223 cm³/mol. The Labute approximate surface area is 320 Å². The maximum Gasteiger partial charge on any atom is 0.164 e. The second-order valence-corrected chi connectivity index (χ2v) is 14.3. The Balaban J connectivity index is 1.11. The molecule has 0 fully saturated rings. The average Bonchev–Trinajstić information content (AvgIpc) is 3.74. The third-order valence-electron chi connectivity index (χ3n) is 11.4. The molecule has 0 radical (unpaired) electrons. The van der Waals surface area contributed by atoms with Gasteiger partial charge in [0.25, 0.3) is 0 Å². The first-order valence-electron chi connectivity index (χ1n) is 18.8. The lowest BCUT2D eigenvalue weighted by atomic mass is 9.70. The molecule has 8 aromatic carbocycles. The Morgan fingerprint density at radius 1 is 0.236 bits per heavy atom. The molecule has 0 saturated carbocycles. The minimum Gasteiger partial charge on any atom is -0.208 e. The fraction of sp³-hybridized carbons (Fsp3) is 0.0192. The summed E-state index contributed by atoms with van der Waals surface area (Å²) in [6.45, 7) is 0. The average molecular weight is 700 g/mol. The van der Waals surface area contributed by atoms with Crippen LogP contribution in [0.2, 0.25) is 0 Å². The van der Waals surface area contributed by atoms with E-state index in [0.29, 0.717) is 17.5 Å². The maximum absolute atomic E-state index is 5.27. The zero-order valence-corrected chi connectivity index (χ0v) is 29.9. The van der Waals surface area contributed by atoms with E-state index in [4.69, 9.17) is 15.0 Å². The van der Waals surface area contributed by atoms with Gasteiger partial charge in [-0.3, -0.25) is 0 Å². The van der Waals surface area contributed by atoms with Gasteiger partial charge in [0.15, 0.2) is 17.5 Å². The van der Waals surface area contributed by atoms with Crippen molar-refractivity contribution in [2.75, 3.05) is 0 Å². The van der Waals surface area contributed by atoms with Gasteiger partial charge in [0, 0.05) is 16.7 Å². The van der Waals surface area contributed by atoms with E-state index in [1.807, 2.05) is 24.3 Å². The Bertz CT molecular complexity index is 2890. The number of aromatic nitrogens is 3. The Morgan fingerprint density at radius 3 is 1.13 bits per heavy atom. The molecular weight excluding hydrogens is 667 g/mol. The van der Waals surface area contributed by atoms with E-state index in [9.17, 15) is 0 Å². The van der Waals surface area contributed by atoms with Crippen molar-refractivity contribution in [3.05, 3.63) is 222 Å². The molecule has 0 amide bonds. The van der Waals surface area contributed by atoms with Crippen LogP contribution in [0.4, 0.5) is 0 Å². The normalized spacial score (nSPS) is 12.9. The first-order chi connectivity index (χ1) is 27.3. The van der Waals surface area contributed by atoms with Crippen molar-refractivity contribution in [2.45, 2.75) is 5.41 Å². The van der Waals surface area contributed by atoms with Gasteiger partial charge in [0.1, 0.15) is 0 Å². The molecule has 2 aliphatic carbocycles. The molecule has 0 saturated heterocycles. The number of rotatable bonds is 5. The number of hydrogen-bond acceptors (Lipinski definition) is 3. The third-order valence-corrected chi connectivity index (χ3v) is 11.4. The van der Waals surface area contributed by atoms with E-state index in [1.54, 1.807) is 0 Å². The van der Waals surface area contributed by atoms with Gasteiger partial charge in [-0.2, -0.15) is 0 Å². The SMILES string of the molecule is c1ccc(-c2nc(-c3ccccc3-c3ccccc3)nc(-c3ccccc3-c3ccc4c(c3)-c3ccccc3C43c4ccccc4-c4ccccc43)n2)cc1. The molecule has 0 aliphatic heterocycles. The number of benzene rings is 8. The van der Waals surface area contributed by atoms with Crippen molar-refractivity contribution in [1.82, 2.24) is 15.0 Å². The second kappa shape index (κ2) is 12.4. The second-order valence-electron chi connectivity index (χ2n) is 14.3. The lowest BCUT2D eigenvalue weighted by molar-refractivity contribution is 0.794. The van der Waals surface area contributed by atoms with Crippen LogP contribution in [0.3, 0.4) is 0 Å². The first-order valence-corrected chi connectivity index (χ1v) is 18.8. The molecule has 3 nitrogen and oxygen atoms in total. The maximum atomic E-state index is 5.27. The van der Waals surface area contributed by atoms with Crippen LogP contribution in [-0.2, 0) is 5.41 Å².